The Bertz CT molecular complexity index is 712. The second-order valence-electron chi connectivity index (χ2n) is 6.74. The van der Waals surface area contributed by atoms with Crippen molar-refractivity contribution in [2.24, 2.45) is 0 Å². The van der Waals surface area contributed by atoms with Gasteiger partial charge in [0.25, 0.3) is 5.91 Å². The topological polar surface area (TPSA) is 75.7 Å². The van der Waals surface area contributed by atoms with Crippen molar-refractivity contribution in [3.63, 3.8) is 0 Å². The minimum Gasteiger partial charge on any atom is -0.469 e. The Kier molecular flexibility index (Phi) is 8.04. The van der Waals surface area contributed by atoms with Gasteiger partial charge < -0.3 is 15.0 Å². The number of hydrogen-bond acceptors (Lipinski definition) is 4. The molecule has 0 bridgehead atoms. The Morgan fingerprint density at radius 3 is 2.67 bits per heavy atom. The van der Waals surface area contributed by atoms with E-state index in [0.29, 0.717) is 24.3 Å². The van der Waals surface area contributed by atoms with Crippen LogP contribution in [0.5, 0.6) is 0 Å². The fourth-order valence-corrected chi connectivity index (χ4v) is 3.17. The Labute approximate surface area is 160 Å². The molecule has 0 saturated heterocycles. The standard InChI is InChI=1S/C21H28N2O4/c1-16(24)22-19-10-6-9-18(15-19)21(26)23(14-12-20(25)27-2)13-11-17-7-4-3-5-8-17/h6-7,9-10,15H,3-5,8,11-14H2,1-2H3,(H,22,24). The number of nitrogens with one attached hydrogen (secondary N) is 1. The SMILES string of the molecule is COC(=O)CCN(CCC1=CCCCC1)C(=O)c1cccc(NC(C)=O)c1. The summed E-state index contributed by atoms with van der Waals surface area (Å²) in [6.07, 6.45) is 7.85. The zero-order chi connectivity index (χ0) is 19.6. The smallest absolute Gasteiger partial charge is 0.307 e. The number of allylic oxidation sites excluding steroid dienone is 1. The number of ether oxygens (including phenoxy) is 1. The summed E-state index contributed by atoms with van der Waals surface area (Å²) in [4.78, 5) is 37.5. The summed E-state index contributed by atoms with van der Waals surface area (Å²) in [6.45, 7) is 2.30. The van der Waals surface area contributed by atoms with Gasteiger partial charge in [0.2, 0.25) is 5.91 Å². The maximum Gasteiger partial charge on any atom is 0.307 e. The van der Waals surface area contributed by atoms with Crippen LogP contribution in [-0.4, -0.2) is 42.9 Å². The second-order valence-corrected chi connectivity index (χ2v) is 6.74. The first-order valence-electron chi connectivity index (χ1n) is 9.41. The molecule has 1 aromatic rings. The van der Waals surface area contributed by atoms with Gasteiger partial charge in [0.05, 0.1) is 13.5 Å². The molecule has 1 aliphatic rings. The van der Waals surface area contributed by atoms with E-state index in [1.165, 1.54) is 32.4 Å². The summed E-state index contributed by atoms with van der Waals surface area (Å²) in [7, 11) is 1.35. The van der Waals surface area contributed by atoms with Gasteiger partial charge in [-0.15, -0.1) is 0 Å². The molecule has 0 heterocycles. The van der Waals surface area contributed by atoms with Crippen molar-refractivity contribution < 1.29 is 19.1 Å². The zero-order valence-corrected chi connectivity index (χ0v) is 16.1. The normalized spacial score (nSPS) is 13.5. The molecule has 0 fully saturated rings. The third-order valence-electron chi connectivity index (χ3n) is 4.62. The Morgan fingerprint density at radius 2 is 2.00 bits per heavy atom. The van der Waals surface area contributed by atoms with Crippen LogP contribution in [-0.2, 0) is 14.3 Å². The molecule has 2 rings (SSSR count). The van der Waals surface area contributed by atoms with Crippen LogP contribution in [0.15, 0.2) is 35.9 Å². The number of carbonyl (C=O) groups excluding carboxylic acids is 3. The van der Waals surface area contributed by atoms with Gasteiger partial charge in [-0.1, -0.05) is 17.7 Å². The van der Waals surface area contributed by atoms with E-state index in [-0.39, 0.29) is 24.2 Å². The first kappa shape index (κ1) is 20.7. The number of nitrogens with zero attached hydrogens (tertiary/aromatic N) is 1. The summed E-state index contributed by atoms with van der Waals surface area (Å²) in [5.74, 6) is -0.675. The number of hydrogen-bond donors (Lipinski definition) is 1. The number of amides is 2. The van der Waals surface area contributed by atoms with Crippen LogP contribution in [0.2, 0.25) is 0 Å². The molecule has 0 unspecified atom stereocenters. The van der Waals surface area contributed by atoms with E-state index in [1.54, 1.807) is 29.2 Å². The van der Waals surface area contributed by atoms with Crippen LogP contribution >= 0.6 is 0 Å². The largest absolute Gasteiger partial charge is 0.469 e. The highest BCUT2D eigenvalue weighted by Crippen LogP contribution is 2.21. The van der Waals surface area contributed by atoms with Gasteiger partial charge in [0.1, 0.15) is 0 Å². The summed E-state index contributed by atoms with van der Waals surface area (Å²) >= 11 is 0. The van der Waals surface area contributed by atoms with Crippen molar-refractivity contribution in [3.8, 4) is 0 Å². The minimum absolute atomic E-state index is 0.150. The number of esters is 1. The first-order valence-corrected chi connectivity index (χ1v) is 9.41. The average molecular weight is 372 g/mol. The Hall–Kier alpha value is -2.63. The van der Waals surface area contributed by atoms with E-state index in [9.17, 15) is 14.4 Å². The number of rotatable bonds is 8. The van der Waals surface area contributed by atoms with Gasteiger partial charge in [-0.05, 0) is 50.3 Å². The van der Waals surface area contributed by atoms with Gasteiger partial charge in [-0.3, -0.25) is 14.4 Å². The number of benzene rings is 1. The summed E-state index contributed by atoms with van der Waals surface area (Å²) in [6, 6.07) is 6.86. The quantitative estimate of drug-likeness (QED) is 0.559. The molecule has 27 heavy (non-hydrogen) atoms. The van der Waals surface area contributed by atoms with Crippen molar-refractivity contribution in [2.75, 3.05) is 25.5 Å². The number of methoxy groups -OCH3 is 1. The third kappa shape index (κ3) is 6.89. The highest BCUT2D eigenvalue weighted by molar-refractivity contribution is 5.97. The molecule has 0 atom stereocenters. The van der Waals surface area contributed by atoms with Crippen LogP contribution in [0.3, 0.4) is 0 Å². The zero-order valence-electron chi connectivity index (χ0n) is 16.1. The molecule has 6 heteroatoms. The molecular weight excluding hydrogens is 344 g/mol. The molecule has 0 aliphatic heterocycles. The van der Waals surface area contributed by atoms with Gasteiger partial charge in [0.15, 0.2) is 0 Å². The van der Waals surface area contributed by atoms with Gasteiger partial charge in [-0.2, -0.15) is 0 Å². The maximum absolute atomic E-state index is 13.0. The number of carbonyl (C=O) groups is 3. The molecule has 146 valence electrons. The van der Waals surface area contributed by atoms with Crippen molar-refractivity contribution in [3.05, 3.63) is 41.5 Å². The van der Waals surface area contributed by atoms with Crippen LogP contribution < -0.4 is 5.32 Å². The lowest BCUT2D eigenvalue weighted by atomic mass is 9.97. The highest BCUT2D eigenvalue weighted by atomic mass is 16.5. The monoisotopic (exact) mass is 372 g/mol. The molecular formula is C21H28N2O4. The summed E-state index contributed by atoms with van der Waals surface area (Å²) in [5, 5.41) is 2.69. The molecule has 0 radical (unpaired) electrons. The van der Waals surface area contributed by atoms with Crippen molar-refractivity contribution >= 4 is 23.5 Å². The van der Waals surface area contributed by atoms with Crippen LogP contribution in [0, 0.1) is 0 Å². The van der Waals surface area contributed by atoms with Gasteiger partial charge >= 0.3 is 5.97 Å². The highest BCUT2D eigenvalue weighted by Gasteiger charge is 2.18. The van der Waals surface area contributed by atoms with Crippen molar-refractivity contribution in [2.45, 2.75) is 45.4 Å². The van der Waals surface area contributed by atoms with Crippen LogP contribution in [0.4, 0.5) is 5.69 Å². The van der Waals surface area contributed by atoms with Crippen LogP contribution in [0.1, 0.15) is 55.8 Å². The third-order valence-corrected chi connectivity index (χ3v) is 4.62. The predicted molar refractivity (Wildman–Crippen MR) is 104 cm³/mol. The van der Waals surface area contributed by atoms with Crippen molar-refractivity contribution in [1.29, 1.82) is 0 Å². The predicted octanol–water partition coefficient (Wildman–Crippen LogP) is 3.54. The molecule has 0 aromatic heterocycles. The van der Waals surface area contributed by atoms with Gasteiger partial charge in [-0.25, -0.2) is 0 Å². The van der Waals surface area contributed by atoms with E-state index in [1.807, 2.05) is 0 Å². The summed E-state index contributed by atoms with van der Waals surface area (Å²) < 4.78 is 4.71. The average Bonchev–Trinajstić information content (AvgIpc) is 2.67. The van der Waals surface area contributed by atoms with Gasteiger partial charge in [0, 0.05) is 31.3 Å². The molecule has 1 aliphatic carbocycles. The fraction of sp³-hybridized carbons (Fsp3) is 0.476. The lowest BCUT2D eigenvalue weighted by Gasteiger charge is -2.24. The van der Waals surface area contributed by atoms with Crippen molar-refractivity contribution in [1.82, 2.24) is 4.90 Å². The van der Waals surface area contributed by atoms with E-state index < -0.39 is 0 Å². The van der Waals surface area contributed by atoms with E-state index in [2.05, 4.69) is 11.4 Å². The van der Waals surface area contributed by atoms with E-state index in [4.69, 9.17) is 4.74 Å². The minimum atomic E-state index is -0.336. The molecule has 0 spiro atoms. The summed E-state index contributed by atoms with van der Waals surface area (Å²) in [5.41, 5.74) is 2.45. The molecule has 2 amide bonds. The molecule has 1 aromatic carbocycles. The molecule has 0 saturated carbocycles. The lowest BCUT2D eigenvalue weighted by molar-refractivity contribution is -0.140. The van der Waals surface area contributed by atoms with E-state index >= 15 is 0 Å². The Morgan fingerprint density at radius 1 is 1.19 bits per heavy atom. The first-order chi connectivity index (χ1) is 13.0. The van der Waals surface area contributed by atoms with Crippen LogP contribution in [0.25, 0.3) is 0 Å². The molecule has 1 N–H and O–H groups in total. The van der Waals surface area contributed by atoms with E-state index in [0.717, 1.165) is 19.3 Å². The fourth-order valence-electron chi connectivity index (χ4n) is 3.17. The maximum atomic E-state index is 13.0. The second kappa shape index (κ2) is 10.5. The molecule has 6 nitrogen and oxygen atoms in total. The lowest BCUT2D eigenvalue weighted by Crippen LogP contribution is -2.34. The number of anilines is 1. The Balaban J connectivity index is 2.09.